The molecule has 0 bridgehead atoms. The summed E-state index contributed by atoms with van der Waals surface area (Å²) in [6.07, 6.45) is 1.66. The lowest BCUT2D eigenvalue weighted by Crippen LogP contribution is -2.39. The van der Waals surface area contributed by atoms with Crippen LogP contribution in [0.1, 0.15) is 31.4 Å². The van der Waals surface area contributed by atoms with Gasteiger partial charge >= 0.3 is 5.97 Å². The molecular weight excluding hydrogens is 274 g/mol. The van der Waals surface area contributed by atoms with Crippen LogP contribution in [-0.4, -0.2) is 42.1 Å². The minimum atomic E-state index is -1.08. The average Bonchev–Trinajstić information content (AvgIpc) is 3.27. The molecule has 1 atom stereocenters. The lowest BCUT2D eigenvalue weighted by Gasteiger charge is -2.29. The topological polar surface area (TPSA) is 76.1 Å². The number of aliphatic carboxylic acids is 1. The third kappa shape index (κ3) is 2.94. The maximum absolute atomic E-state index is 11.9. The summed E-state index contributed by atoms with van der Waals surface area (Å²) < 4.78 is 10.5. The van der Waals surface area contributed by atoms with E-state index >= 15 is 0 Å². The van der Waals surface area contributed by atoms with Crippen LogP contribution >= 0.6 is 0 Å². The molecule has 1 aromatic carbocycles. The number of nitrogens with zero attached hydrogens (tertiary/aromatic N) is 1. The van der Waals surface area contributed by atoms with Crippen molar-refractivity contribution in [1.82, 2.24) is 4.90 Å². The van der Waals surface area contributed by atoms with E-state index in [9.17, 15) is 14.7 Å². The van der Waals surface area contributed by atoms with Crippen molar-refractivity contribution in [2.24, 2.45) is 0 Å². The summed E-state index contributed by atoms with van der Waals surface area (Å²) in [5.41, 5.74) is 0.423. The molecule has 1 fully saturated rings. The number of carboxylic acids is 1. The molecule has 0 saturated heterocycles. The van der Waals surface area contributed by atoms with Crippen LogP contribution in [0.4, 0.5) is 0 Å². The lowest BCUT2D eigenvalue weighted by molar-refractivity contribution is -0.150. The summed E-state index contributed by atoms with van der Waals surface area (Å²) in [5.74, 6) is -0.543. The van der Waals surface area contributed by atoms with Gasteiger partial charge in [-0.15, -0.1) is 0 Å². The zero-order valence-corrected chi connectivity index (χ0v) is 12.3. The molecule has 0 aromatic heterocycles. The smallest absolute Gasteiger partial charge is 0.331 e. The number of hydrogen-bond acceptors (Lipinski definition) is 4. The van der Waals surface area contributed by atoms with E-state index in [2.05, 4.69) is 0 Å². The van der Waals surface area contributed by atoms with Gasteiger partial charge in [-0.05, 0) is 18.9 Å². The van der Waals surface area contributed by atoms with E-state index in [0.29, 0.717) is 17.1 Å². The van der Waals surface area contributed by atoms with Crippen LogP contribution < -0.4 is 9.47 Å². The quantitative estimate of drug-likeness (QED) is 0.866. The van der Waals surface area contributed by atoms with Crippen molar-refractivity contribution in [3.63, 3.8) is 0 Å². The van der Waals surface area contributed by atoms with Gasteiger partial charge < -0.3 is 19.5 Å². The van der Waals surface area contributed by atoms with E-state index in [0.717, 1.165) is 12.8 Å². The Morgan fingerprint density at radius 3 is 2.38 bits per heavy atom. The van der Waals surface area contributed by atoms with E-state index in [-0.39, 0.29) is 11.9 Å². The molecule has 0 radical (unpaired) electrons. The Morgan fingerprint density at radius 2 is 1.95 bits per heavy atom. The maximum Gasteiger partial charge on any atom is 0.331 e. The van der Waals surface area contributed by atoms with Crippen molar-refractivity contribution in [2.75, 3.05) is 14.2 Å². The molecule has 1 aliphatic rings. The first-order chi connectivity index (χ1) is 10.0. The highest BCUT2D eigenvalue weighted by Gasteiger charge is 2.41. The van der Waals surface area contributed by atoms with Gasteiger partial charge in [-0.3, -0.25) is 4.79 Å². The summed E-state index contributed by atoms with van der Waals surface area (Å²) in [7, 11) is 2.94. The van der Waals surface area contributed by atoms with Crippen LogP contribution in [0.15, 0.2) is 18.2 Å². The monoisotopic (exact) mass is 293 g/mol. The van der Waals surface area contributed by atoms with Crippen molar-refractivity contribution < 1.29 is 24.2 Å². The number of methoxy groups -OCH3 is 2. The molecule has 0 aliphatic heterocycles. The number of ether oxygens (including phenoxy) is 2. The van der Waals surface area contributed by atoms with Crippen molar-refractivity contribution >= 4 is 11.9 Å². The van der Waals surface area contributed by atoms with Gasteiger partial charge in [0.15, 0.2) is 17.5 Å². The van der Waals surface area contributed by atoms with Crippen molar-refractivity contribution in [2.45, 2.75) is 31.8 Å². The normalized spacial score (nSPS) is 15.2. The van der Waals surface area contributed by atoms with Crippen LogP contribution in [0.3, 0.4) is 0 Å². The van der Waals surface area contributed by atoms with E-state index in [1.54, 1.807) is 18.2 Å². The predicted molar refractivity (Wildman–Crippen MR) is 75.5 cm³/mol. The van der Waals surface area contributed by atoms with Gasteiger partial charge in [-0.2, -0.15) is 0 Å². The highest BCUT2D eigenvalue weighted by Crippen LogP contribution is 2.41. The fraction of sp³-hybridized carbons (Fsp3) is 0.467. The first kappa shape index (κ1) is 15.2. The molecule has 114 valence electrons. The van der Waals surface area contributed by atoms with Crippen molar-refractivity contribution in [3.8, 4) is 11.5 Å². The van der Waals surface area contributed by atoms with Crippen LogP contribution in [0.5, 0.6) is 11.5 Å². The molecule has 1 saturated carbocycles. The minimum absolute atomic E-state index is 0.0143. The lowest BCUT2D eigenvalue weighted by atomic mass is 10.0. The molecule has 1 N–H and O–H groups in total. The standard InChI is InChI=1S/C15H19NO5/c1-9(17)16(10-7-8-10)13(15(18)19)11-5-4-6-12(20-2)14(11)21-3/h4-6,10,13H,7-8H2,1-3H3,(H,18,19). The fourth-order valence-electron chi connectivity index (χ4n) is 2.53. The van der Waals surface area contributed by atoms with E-state index < -0.39 is 12.0 Å². The third-order valence-electron chi connectivity index (χ3n) is 3.54. The predicted octanol–water partition coefficient (Wildman–Crippen LogP) is 1.84. The Balaban J connectivity index is 2.52. The van der Waals surface area contributed by atoms with Gasteiger partial charge in [-0.25, -0.2) is 4.79 Å². The van der Waals surface area contributed by atoms with Gasteiger partial charge in [0.1, 0.15) is 0 Å². The highest BCUT2D eigenvalue weighted by molar-refractivity contribution is 5.85. The zero-order valence-electron chi connectivity index (χ0n) is 12.3. The van der Waals surface area contributed by atoms with Gasteiger partial charge in [0.2, 0.25) is 5.91 Å². The summed E-state index contributed by atoms with van der Waals surface area (Å²) in [4.78, 5) is 25.1. The molecule has 0 heterocycles. The molecule has 6 nitrogen and oxygen atoms in total. The van der Waals surface area contributed by atoms with E-state index in [4.69, 9.17) is 9.47 Å². The first-order valence-corrected chi connectivity index (χ1v) is 6.73. The van der Waals surface area contributed by atoms with E-state index in [1.165, 1.54) is 26.0 Å². The van der Waals surface area contributed by atoms with Crippen LogP contribution in [0.25, 0.3) is 0 Å². The number of amides is 1. The molecule has 1 aromatic rings. The Labute approximate surface area is 123 Å². The van der Waals surface area contributed by atoms with Crippen LogP contribution in [0, 0.1) is 0 Å². The second kappa shape index (κ2) is 6.03. The molecule has 1 unspecified atom stereocenters. The number of rotatable bonds is 6. The van der Waals surface area contributed by atoms with Crippen molar-refractivity contribution in [1.29, 1.82) is 0 Å². The first-order valence-electron chi connectivity index (χ1n) is 6.73. The zero-order chi connectivity index (χ0) is 15.6. The summed E-state index contributed by atoms with van der Waals surface area (Å²) >= 11 is 0. The van der Waals surface area contributed by atoms with Gasteiger partial charge in [0.25, 0.3) is 0 Å². The summed E-state index contributed by atoms with van der Waals surface area (Å²) in [6, 6.07) is 3.95. The molecule has 1 amide bonds. The summed E-state index contributed by atoms with van der Waals surface area (Å²) in [6.45, 7) is 1.39. The molecule has 21 heavy (non-hydrogen) atoms. The SMILES string of the molecule is COc1cccc(C(C(=O)O)N(C(C)=O)C2CC2)c1OC. The van der Waals surface area contributed by atoms with Crippen molar-refractivity contribution in [3.05, 3.63) is 23.8 Å². The Kier molecular flexibility index (Phi) is 4.35. The number of para-hydroxylation sites is 1. The van der Waals surface area contributed by atoms with Crippen LogP contribution in [-0.2, 0) is 9.59 Å². The number of carbonyl (C=O) groups excluding carboxylic acids is 1. The maximum atomic E-state index is 11.9. The second-order valence-corrected chi connectivity index (χ2v) is 4.98. The molecule has 0 spiro atoms. The third-order valence-corrected chi connectivity index (χ3v) is 3.54. The van der Waals surface area contributed by atoms with Gasteiger partial charge in [0.05, 0.1) is 14.2 Å². The number of hydrogen-bond donors (Lipinski definition) is 1. The summed E-state index contributed by atoms with van der Waals surface area (Å²) in [5, 5.41) is 9.62. The molecule has 6 heteroatoms. The highest BCUT2D eigenvalue weighted by atomic mass is 16.5. The Morgan fingerprint density at radius 1 is 1.29 bits per heavy atom. The number of benzene rings is 1. The molecular formula is C15H19NO5. The van der Waals surface area contributed by atoms with Gasteiger partial charge in [0, 0.05) is 18.5 Å². The molecule has 1 aliphatic carbocycles. The fourth-order valence-corrected chi connectivity index (χ4v) is 2.53. The second-order valence-electron chi connectivity index (χ2n) is 4.98. The van der Waals surface area contributed by atoms with E-state index in [1.807, 2.05) is 0 Å². The molecule has 2 rings (SSSR count). The Bertz CT molecular complexity index is 553. The number of carboxylic acid groups (broad SMARTS) is 1. The Hall–Kier alpha value is -2.24. The largest absolute Gasteiger partial charge is 0.493 e. The van der Waals surface area contributed by atoms with Crippen LogP contribution in [0.2, 0.25) is 0 Å². The average molecular weight is 293 g/mol. The minimum Gasteiger partial charge on any atom is -0.493 e. The van der Waals surface area contributed by atoms with Gasteiger partial charge in [-0.1, -0.05) is 12.1 Å². The number of carbonyl (C=O) groups is 2.